The van der Waals surface area contributed by atoms with Crippen molar-refractivity contribution in [3.8, 4) is 0 Å². The minimum atomic E-state index is -1.92. The van der Waals surface area contributed by atoms with Crippen LogP contribution in [0.2, 0.25) is 0 Å². The summed E-state index contributed by atoms with van der Waals surface area (Å²) in [5.41, 5.74) is 5.77. The van der Waals surface area contributed by atoms with Crippen LogP contribution in [0.4, 0.5) is 0 Å². The molecule has 0 heterocycles. The van der Waals surface area contributed by atoms with E-state index in [4.69, 9.17) is 10.8 Å². The van der Waals surface area contributed by atoms with Crippen molar-refractivity contribution in [2.45, 2.75) is 12.5 Å². The maximum Gasteiger partial charge on any atom is 0.322 e. The fourth-order valence-corrected chi connectivity index (χ4v) is 10.4. The van der Waals surface area contributed by atoms with E-state index in [1.54, 1.807) is 0 Å². The number of carbonyl (C=O) groups excluding carboxylic acids is 2. The Balaban J connectivity index is 1.56. The summed E-state index contributed by atoms with van der Waals surface area (Å²) in [7, 11) is 0.716. The molecule has 0 aliphatic carbocycles. The van der Waals surface area contributed by atoms with Gasteiger partial charge in [-0.1, -0.05) is 76.2 Å². The predicted octanol–water partition coefficient (Wildman–Crippen LogP) is 2.40. The van der Waals surface area contributed by atoms with E-state index in [9.17, 15) is 14.4 Å². The summed E-state index contributed by atoms with van der Waals surface area (Å²) in [5.74, 6) is -1.20. The quantitative estimate of drug-likeness (QED) is 0.126. The van der Waals surface area contributed by atoms with Crippen molar-refractivity contribution in [3.05, 3.63) is 91.0 Å². The van der Waals surface area contributed by atoms with Crippen LogP contribution in [-0.2, 0) is 14.4 Å². The summed E-state index contributed by atoms with van der Waals surface area (Å²) >= 11 is 0. The molecular formula is C28H33N3O4PS2+. The highest BCUT2D eigenvalue weighted by Gasteiger charge is 2.44. The normalized spacial score (nSPS) is 11.9. The molecule has 0 aliphatic rings. The van der Waals surface area contributed by atoms with Gasteiger partial charge in [-0.25, -0.2) is 0 Å². The number of carbonyl (C=O) groups is 3. The lowest BCUT2D eigenvalue weighted by atomic mass is 10.3. The van der Waals surface area contributed by atoms with Gasteiger partial charge in [0, 0.05) is 12.3 Å². The van der Waals surface area contributed by atoms with Gasteiger partial charge in [-0.3, -0.25) is 14.4 Å². The lowest BCUT2D eigenvalue weighted by Crippen LogP contribution is -2.43. The second-order valence-electron chi connectivity index (χ2n) is 8.51. The molecule has 0 aromatic heterocycles. The van der Waals surface area contributed by atoms with Crippen molar-refractivity contribution in [2.75, 3.05) is 30.8 Å². The highest BCUT2D eigenvalue weighted by atomic mass is 33.1. The zero-order chi connectivity index (χ0) is 27.2. The first kappa shape index (κ1) is 29.7. The number of hydrogen-bond acceptors (Lipinski definition) is 6. The van der Waals surface area contributed by atoms with Crippen molar-refractivity contribution >= 4 is 62.5 Å². The molecule has 7 nitrogen and oxygen atoms in total. The molecule has 0 radical (unpaired) electrons. The van der Waals surface area contributed by atoms with Crippen molar-refractivity contribution in [1.82, 2.24) is 10.6 Å². The largest absolute Gasteiger partial charge is 0.480 e. The fraction of sp³-hybridized carbons (Fsp3) is 0.250. The zero-order valence-corrected chi connectivity index (χ0v) is 23.5. The molecule has 2 amide bonds. The third-order valence-electron chi connectivity index (χ3n) is 5.85. The SMILES string of the molecule is NC(CSSCC(=O)NCCC[P+](c1ccccc1)(c1ccccc1)c1ccccc1)C(=O)NCC(=O)O. The first-order valence-corrected chi connectivity index (χ1v) is 16.7. The summed E-state index contributed by atoms with van der Waals surface area (Å²) in [5, 5.41) is 17.8. The summed E-state index contributed by atoms with van der Waals surface area (Å²) in [6.45, 7) is 0.102. The first-order valence-electron chi connectivity index (χ1n) is 12.2. The molecule has 0 spiro atoms. The van der Waals surface area contributed by atoms with Crippen LogP contribution in [0.25, 0.3) is 0 Å². The lowest BCUT2D eigenvalue weighted by Gasteiger charge is -2.27. The summed E-state index contributed by atoms with van der Waals surface area (Å²) in [6, 6.07) is 31.1. The molecule has 200 valence electrons. The van der Waals surface area contributed by atoms with Crippen molar-refractivity contribution in [2.24, 2.45) is 5.73 Å². The average molecular weight is 571 g/mol. The molecule has 0 aliphatic heterocycles. The lowest BCUT2D eigenvalue weighted by molar-refractivity contribution is -0.138. The minimum absolute atomic E-state index is 0.0746. The van der Waals surface area contributed by atoms with Gasteiger partial charge in [0.1, 0.15) is 29.7 Å². The van der Waals surface area contributed by atoms with E-state index in [-0.39, 0.29) is 17.4 Å². The van der Waals surface area contributed by atoms with Gasteiger partial charge in [0.25, 0.3) is 0 Å². The maximum absolute atomic E-state index is 12.4. The van der Waals surface area contributed by atoms with E-state index in [2.05, 4.69) is 83.4 Å². The summed E-state index contributed by atoms with van der Waals surface area (Å²) in [4.78, 5) is 34.7. The Bertz CT molecular complexity index is 1070. The van der Waals surface area contributed by atoms with Gasteiger partial charge in [0.2, 0.25) is 11.8 Å². The summed E-state index contributed by atoms with van der Waals surface area (Å²) in [6.07, 6.45) is 1.75. The molecule has 1 unspecified atom stereocenters. The monoisotopic (exact) mass is 570 g/mol. The molecule has 0 saturated carbocycles. The molecular weight excluding hydrogens is 537 g/mol. The van der Waals surface area contributed by atoms with E-state index < -0.39 is 31.7 Å². The van der Waals surface area contributed by atoms with Crippen molar-refractivity contribution < 1.29 is 19.5 Å². The molecule has 10 heteroatoms. The van der Waals surface area contributed by atoms with Crippen molar-refractivity contribution in [3.63, 3.8) is 0 Å². The number of carboxylic acids is 1. The average Bonchev–Trinajstić information content (AvgIpc) is 2.95. The Morgan fingerprint density at radius 3 is 1.76 bits per heavy atom. The number of nitrogens with two attached hydrogens (primary N) is 1. The third kappa shape index (κ3) is 8.60. The highest BCUT2D eigenvalue weighted by molar-refractivity contribution is 8.76. The molecule has 0 saturated heterocycles. The molecule has 5 N–H and O–H groups in total. The van der Waals surface area contributed by atoms with Gasteiger partial charge in [0.15, 0.2) is 0 Å². The zero-order valence-electron chi connectivity index (χ0n) is 21.0. The molecule has 38 heavy (non-hydrogen) atoms. The minimum Gasteiger partial charge on any atom is -0.480 e. The van der Waals surface area contributed by atoms with Crippen molar-refractivity contribution in [1.29, 1.82) is 0 Å². The van der Waals surface area contributed by atoms with Crippen LogP contribution in [-0.4, -0.2) is 59.7 Å². The predicted molar refractivity (Wildman–Crippen MR) is 161 cm³/mol. The van der Waals surface area contributed by atoms with E-state index in [0.717, 1.165) is 12.6 Å². The van der Waals surface area contributed by atoms with Gasteiger partial charge >= 0.3 is 5.97 Å². The Kier molecular flexibility index (Phi) is 12.2. The highest BCUT2D eigenvalue weighted by Crippen LogP contribution is 2.55. The Morgan fingerprint density at radius 2 is 1.29 bits per heavy atom. The Hall–Kier alpha value is -2.84. The third-order valence-corrected chi connectivity index (χ3v) is 12.7. The smallest absolute Gasteiger partial charge is 0.322 e. The number of aliphatic carboxylic acids is 1. The van der Waals surface area contributed by atoms with Crippen LogP contribution in [0.3, 0.4) is 0 Å². The van der Waals surface area contributed by atoms with Gasteiger partial charge in [0.05, 0.1) is 18.0 Å². The number of benzene rings is 3. The molecule has 3 rings (SSSR count). The standard InChI is InChI=1S/C28H32N3O4PS2/c29-25(28(35)31-19-27(33)34)20-37-38-21-26(32)30-17-10-18-36(22-11-4-1-5-12-22,23-13-6-2-7-14-23)24-15-8-3-9-16-24/h1-9,11-16,25H,10,17-21,29H2,(H2-,30,31,32,33,34,35)/p+1. The van der Waals surface area contributed by atoms with E-state index >= 15 is 0 Å². The molecule has 0 bridgehead atoms. The molecule has 3 aromatic rings. The number of hydrogen-bond donors (Lipinski definition) is 4. The number of rotatable bonds is 15. The summed E-state index contributed by atoms with van der Waals surface area (Å²) < 4.78 is 0. The van der Waals surface area contributed by atoms with Gasteiger partial charge in [-0.2, -0.15) is 0 Å². The molecule has 3 aromatic carbocycles. The first-order chi connectivity index (χ1) is 18.4. The molecule has 1 atom stereocenters. The van der Waals surface area contributed by atoms with E-state index in [1.165, 1.54) is 37.5 Å². The maximum atomic E-state index is 12.4. The van der Waals surface area contributed by atoms with E-state index in [0.29, 0.717) is 6.54 Å². The number of carboxylic acid groups (broad SMARTS) is 1. The molecule has 0 fully saturated rings. The van der Waals surface area contributed by atoms with Gasteiger partial charge in [-0.15, -0.1) is 0 Å². The van der Waals surface area contributed by atoms with Crippen LogP contribution >= 0.6 is 28.9 Å². The Labute approximate surface area is 232 Å². The van der Waals surface area contributed by atoms with Crippen LogP contribution < -0.4 is 32.3 Å². The fourth-order valence-electron chi connectivity index (χ4n) is 4.06. The number of amides is 2. The Morgan fingerprint density at radius 1 is 0.789 bits per heavy atom. The van der Waals surface area contributed by atoms with Gasteiger partial charge < -0.3 is 21.5 Å². The van der Waals surface area contributed by atoms with E-state index in [1.807, 2.05) is 18.2 Å². The second-order valence-corrected chi connectivity index (χ2v) is 14.6. The van der Waals surface area contributed by atoms with Crippen LogP contribution in [0, 0.1) is 0 Å². The van der Waals surface area contributed by atoms with Crippen LogP contribution in [0.5, 0.6) is 0 Å². The topological polar surface area (TPSA) is 122 Å². The second kappa shape index (κ2) is 15.5. The van der Waals surface area contributed by atoms with Gasteiger partial charge in [-0.05, 0) is 42.8 Å². The number of nitrogens with one attached hydrogen (secondary N) is 2. The van der Waals surface area contributed by atoms with Crippen LogP contribution in [0.15, 0.2) is 91.0 Å². The van der Waals surface area contributed by atoms with Crippen LogP contribution in [0.1, 0.15) is 6.42 Å².